The summed E-state index contributed by atoms with van der Waals surface area (Å²) in [6.07, 6.45) is 1.10. The fourth-order valence-electron chi connectivity index (χ4n) is 2.29. The largest absolute Gasteiger partial charge is 0.455 e. The number of fused-ring (bicyclic) bond motifs is 1. The topological polar surface area (TPSA) is 130 Å². The van der Waals surface area contributed by atoms with Gasteiger partial charge < -0.3 is 19.5 Å². The standard InChI is InChI=1S/C19H23N3O7S/c1-19(2,3)29-18(24)21-11-30-10-8-16(23)28-12-27-15-7-6-14(22(25)26)13-5-4-9-20-17(13)15/h4-7,9H,8,10-12H2,1-3H3,(H,21,24). The summed E-state index contributed by atoms with van der Waals surface area (Å²) < 4.78 is 15.5. The van der Waals surface area contributed by atoms with Gasteiger partial charge in [-0.2, -0.15) is 0 Å². The SMILES string of the molecule is CC(C)(C)OC(=O)NCSCCC(=O)OCOc1ccc([N+](=O)[O-])c2cccnc12. The number of non-ortho nitro benzene ring substituents is 1. The van der Waals surface area contributed by atoms with E-state index in [2.05, 4.69) is 10.3 Å². The number of hydrogen-bond donors (Lipinski definition) is 1. The number of nitro groups is 1. The molecule has 1 aromatic carbocycles. The lowest BCUT2D eigenvalue weighted by Gasteiger charge is -2.19. The predicted molar refractivity (Wildman–Crippen MR) is 111 cm³/mol. The second kappa shape index (κ2) is 10.6. The monoisotopic (exact) mass is 437 g/mol. The number of aromatic nitrogens is 1. The Morgan fingerprint density at radius 3 is 2.73 bits per heavy atom. The number of carbonyl (C=O) groups is 2. The lowest BCUT2D eigenvalue weighted by atomic mass is 10.1. The van der Waals surface area contributed by atoms with Crippen molar-refractivity contribution < 1.29 is 28.7 Å². The first-order valence-electron chi connectivity index (χ1n) is 9.02. The molecule has 0 atom stereocenters. The molecule has 0 saturated carbocycles. The van der Waals surface area contributed by atoms with Crippen LogP contribution in [0.1, 0.15) is 27.2 Å². The molecule has 0 aliphatic rings. The smallest absolute Gasteiger partial charge is 0.408 e. The molecule has 1 N–H and O–H groups in total. The van der Waals surface area contributed by atoms with Crippen molar-refractivity contribution in [2.24, 2.45) is 0 Å². The maximum atomic E-state index is 11.8. The summed E-state index contributed by atoms with van der Waals surface area (Å²) in [7, 11) is 0. The van der Waals surface area contributed by atoms with Crippen molar-refractivity contribution in [2.75, 3.05) is 18.4 Å². The van der Waals surface area contributed by atoms with E-state index in [1.165, 1.54) is 30.1 Å². The van der Waals surface area contributed by atoms with E-state index >= 15 is 0 Å². The maximum Gasteiger partial charge on any atom is 0.408 e. The highest BCUT2D eigenvalue weighted by Crippen LogP contribution is 2.31. The third-order valence-electron chi connectivity index (χ3n) is 3.51. The maximum absolute atomic E-state index is 11.8. The van der Waals surface area contributed by atoms with Gasteiger partial charge in [-0.05, 0) is 39.0 Å². The van der Waals surface area contributed by atoms with Crippen LogP contribution in [0.25, 0.3) is 10.9 Å². The number of benzene rings is 1. The van der Waals surface area contributed by atoms with Crippen LogP contribution in [0.2, 0.25) is 0 Å². The molecule has 10 nitrogen and oxygen atoms in total. The second-order valence-corrected chi connectivity index (χ2v) is 8.10. The molecule has 1 heterocycles. The summed E-state index contributed by atoms with van der Waals surface area (Å²) in [5, 5.41) is 14.0. The van der Waals surface area contributed by atoms with Crippen molar-refractivity contribution in [1.82, 2.24) is 10.3 Å². The predicted octanol–water partition coefficient (Wildman–Crippen LogP) is 3.63. The highest BCUT2D eigenvalue weighted by molar-refractivity contribution is 7.99. The minimum atomic E-state index is -0.566. The number of nitrogens with zero attached hydrogens (tertiary/aromatic N) is 2. The average molecular weight is 437 g/mol. The molecule has 2 aromatic rings. The highest BCUT2D eigenvalue weighted by Gasteiger charge is 2.17. The number of rotatable bonds is 9. The van der Waals surface area contributed by atoms with Gasteiger partial charge in [0.2, 0.25) is 6.79 Å². The minimum absolute atomic E-state index is 0.0838. The van der Waals surface area contributed by atoms with Gasteiger partial charge in [0.1, 0.15) is 16.9 Å². The Kier molecular flexibility index (Phi) is 8.22. The van der Waals surface area contributed by atoms with E-state index in [1.54, 1.807) is 32.9 Å². The number of amides is 1. The van der Waals surface area contributed by atoms with Crippen molar-refractivity contribution in [3.05, 3.63) is 40.6 Å². The molecule has 30 heavy (non-hydrogen) atoms. The molecule has 0 radical (unpaired) electrons. The van der Waals surface area contributed by atoms with Gasteiger partial charge in [0, 0.05) is 18.0 Å². The number of esters is 1. The first kappa shape index (κ1) is 23.2. The zero-order valence-corrected chi connectivity index (χ0v) is 17.7. The van der Waals surface area contributed by atoms with Crippen LogP contribution in [0.4, 0.5) is 10.5 Å². The number of pyridine rings is 1. The summed E-state index contributed by atoms with van der Waals surface area (Å²) >= 11 is 1.34. The van der Waals surface area contributed by atoms with Crippen LogP contribution >= 0.6 is 11.8 Å². The third kappa shape index (κ3) is 7.39. The summed E-state index contributed by atoms with van der Waals surface area (Å²) in [5.41, 5.74) is -0.339. The molecule has 0 fully saturated rings. The van der Waals surface area contributed by atoms with Gasteiger partial charge in [-0.15, -0.1) is 11.8 Å². The van der Waals surface area contributed by atoms with Crippen LogP contribution in [0, 0.1) is 10.1 Å². The fraction of sp³-hybridized carbons (Fsp3) is 0.421. The Hall–Kier alpha value is -3.08. The van der Waals surface area contributed by atoms with Crippen LogP contribution in [-0.4, -0.2) is 46.0 Å². The van der Waals surface area contributed by atoms with Gasteiger partial charge in [0.05, 0.1) is 22.6 Å². The Balaban J connectivity index is 1.72. The Bertz CT molecular complexity index is 915. The van der Waals surface area contributed by atoms with E-state index in [-0.39, 0.29) is 24.7 Å². The molecule has 0 aliphatic carbocycles. The number of hydrogen-bond acceptors (Lipinski definition) is 9. The van der Waals surface area contributed by atoms with Crippen molar-refractivity contribution in [2.45, 2.75) is 32.8 Å². The Morgan fingerprint density at radius 2 is 2.03 bits per heavy atom. The van der Waals surface area contributed by atoms with E-state index in [9.17, 15) is 19.7 Å². The molecule has 0 saturated heterocycles. The number of carbonyl (C=O) groups excluding carboxylic acids is 2. The molecule has 1 aromatic heterocycles. The molecular weight excluding hydrogens is 414 g/mol. The molecule has 162 valence electrons. The van der Waals surface area contributed by atoms with Gasteiger partial charge in [-0.3, -0.25) is 19.9 Å². The van der Waals surface area contributed by atoms with E-state index in [0.717, 1.165) is 0 Å². The first-order valence-corrected chi connectivity index (χ1v) is 10.2. The zero-order chi connectivity index (χ0) is 22.1. The van der Waals surface area contributed by atoms with E-state index in [0.29, 0.717) is 22.5 Å². The van der Waals surface area contributed by atoms with Crippen LogP contribution in [0.5, 0.6) is 5.75 Å². The summed E-state index contributed by atoms with van der Waals surface area (Å²) in [4.78, 5) is 38.0. The Labute approximate surface area is 177 Å². The minimum Gasteiger partial charge on any atom is -0.455 e. The van der Waals surface area contributed by atoms with Gasteiger partial charge in [0.25, 0.3) is 5.69 Å². The van der Waals surface area contributed by atoms with Gasteiger partial charge in [-0.25, -0.2) is 4.79 Å². The molecule has 1 amide bonds. The molecular formula is C19H23N3O7S. The van der Waals surface area contributed by atoms with Crippen LogP contribution in [-0.2, 0) is 14.3 Å². The lowest BCUT2D eigenvalue weighted by molar-refractivity contribution is -0.383. The summed E-state index contributed by atoms with van der Waals surface area (Å²) in [6, 6.07) is 5.89. The van der Waals surface area contributed by atoms with Crippen LogP contribution < -0.4 is 10.1 Å². The van der Waals surface area contributed by atoms with Gasteiger partial charge in [0.15, 0.2) is 0 Å². The highest BCUT2D eigenvalue weighted by atomic mass is 32.2. The summed E-state index contributed by atoms with van der Waals surface area (Å²) in [5.74, 6) is 0.550. The normalized spacial score (nSPS) is 11.0. The van der Waals surface area contributed by atoms with Gasteiger partial charge >= 0.3 is 12.1 Å². The van der Waals surface area contributed by atoms with Crippen LogP contribution in [0.3, 0.4) is 0 Å². The summed E-state index contributed by atoms with van der Waals surface area (Å²) in [6.45, 7) is 4.97. The van der Waals surface area contributed by atoms with Gasteiger partial charge in [-0.1, -0.05) is 0 Å². The average Bonchev–Trinajstić information content (AvgIpc) is 2.66. The number of nitrogens with one attached hydrogen (secondary N) is 1. The molecule has 0 spiro atoms. The number of alkyl carbamates (subject to hydrolysis) is 1. The fourth-order valence-corrected chi connectivity index (χ4v) is 2.97. The van der Waals surface area contributed by atoms with E-state index in [1.807, 2.05) is 0 Å². The molecule has 11 heteroatoms. The second-order valence-electron chi connectivity index (χ2n) is 7.00. The van der Waals surface area contributed by atoms with Crippen molar-refractivity contribution in [1.29, 1.82) is 0 Å². The molecule has 2 rings (SSSR count). The van der Waals surface area contributed by atoms with Crippen LogP contribution in [0.15, 0.2) is 30.5 Å². The van der Waals surface area contributed by atoms with Crippen molar-refractivity contribution >= 4 is 40.4 Å². The van der Waals surface area contributed by atoms with E-state index in [4.69, 9.17) is 14.2 Å². The molecule has 0 aliphatic heterocycles. The lowest BCUT2D eigenvalue weighted by Crippen LogP contribution is -2.32. The van der Waals surface area contributed by atoms with Crippen molar-refractivity contribution in [3.63, 3.8) is 0 Å². The molecule has 0 unspecified atom stereocenters. The number of nitro benzene ring substituents is 1. The third-order valence-corrected chi connectivity index (χ3v) is 4.35. The van der Waals surface area contributed by atoms with E-state index < -0.39 is 22.6 Å². The Morgan fingerprint density at radius 1 is 1.27 bits per heavy atom. The quantitative estimate of drug-likeness (QED) is 0.205. The molecule has 0 bridgehead atoms. The number of thioether (sulfide) groups is 1. The van der Waals surface area contributed by atoms with Crippen molar-refractivity contribution in [3.8, 4) is 5.75 Å². The first-order chi connectivity index (χ1) is 14.2. The zero-order valence-electron chi connectivity index (χ0n) is 16.9. The number of ether oxygens (including phenoxy) is 3.